The molecule has 0 aromatic heterocycles. The third-order valence-corrected chi connectivity index (χ3v) is 5.74. The minimum atomic E-state index is -0.573. The summed E-state index contributed by atoms with van der Waals surface area (Å²) in [4.78, 5) is 28.1. The first-order valence-corrected chi connectivity index (χ1v) is 10.3. The number of nitrogens with zero attached hydrogens (tertiary/aromatic N) is 1. The standard InChI is InChI=1S/C25H22N2O4/c28-24(26-14-17-10-11-22-23(12-17)31-16-30-22)21-13-19-8-4-5-9-20(19)15-27(21)25(29)18-6-2-1-3-7-18/h1-12,21H,13-16H2,(H,26,28). The highest BCUT2D eigenvalue weighted by Crippen LogP contribution is 2.32. The molecule has 2 aliphatic heterocycles. The fraction of sp³-hybridized carbons (Fsp3) is 0.200. The third kappa shape index (κ3) is 3.84. The molecule has 6 nitrogen and oxygen atoms in total. The third-order valence-electron chi connectivity index (χ3n) is 5.74. The number of hydrogen-bond donors (Lipinski definition) is 1. The fourth-order valence-corrected chi connectivity index (χ4v) is 4.08. The number of amides is 2. The van der Waals surface area contributed by atoms with Gasteiger partial charge in [0.25, 0.3) is 5.91 Å². The van der Waals surface area contributed by atoms with Crippen LogP contribution in [0, 0.1) is 0 Å². The van der Waals surface area contributed by atoms with Gasteiger partial charge in [0.2, 0.25) is 12.7 Å². The van der Waals surface area contributed by atoms with E-state index < -0.39 is 6.04 Å². The molecule has 1 N–H and O–H groups in total. The molecule has 2 amide bonds. The quantitative estimate of drug-likeness (QED) is 0.711. The largest absolute Gasteiger partial charge is 0.454 e. The lowest BCUT2D eigenvalue weighted by molar-refractivity contribution is -0.126. The van der Waals surface area contributed by atoms with Gasteiger partial charge in [-0.1, -0.05) is 48.5 Å². The normalized spacial score (nSPS) is 16.5. The van der Waals surface area contributed by atoms with Crippen LogP contribution < -0.4 is 14.8 Å². The SMILES string of the molecule is O=C(NCc1ccc2c(c1)OCO2)C1Cc2ccccc2CN1C(=O)c1ccccc1. The van der Waals surface area contributed by atoms with Gasteiger partial charge in [0.05, 0.1) is 0 Å². The molecule has 0 saturated heterocycles. The van der Waals surface area contributed by atoms with Gasteiger partial charge in [0.1, 0.15) is 6.04 Å². The zero-order chi connectivity index (χ0) is 21.2. The van der Waals surface area contributed by atoms with E-state index in [2.05, 4.69) is 5.32 Å². The zero-order valence-corrected chi connectivity index (χ0v) is 16.9. The Bertz CT molecular complexity index is 1130. The molecule has 0 radical (unpaired) electrons. The Hall–Kier alpha value is -3.80. The summed E-state index contributed by atoms with van der Waals surface area (Å²) in [6.07, 6.45) is 0.488. The molecular formula is C25H22N2O4. The average molecular weight is 414 g/mol. The van der Waals surface area contributed by atoms with E-state index in [1.54, 1.807) is 17.0 Å². The molecule has 1 unspecified atom stereocenters. The molecule has 1 atom stereocenters. The van der Waals surface area contributed by atoms with E-state index in [4.69, 9.17) is 9.47 Å². The van der Waals surface area contributed by atoms with Crippen molar-refractivity contribution in [3.05, 3.63) is 95.1 Å². The van der Waals surface area contributed by atoms with E-state index in [9.17, 15) is 9.59 Å². The first-order valence-electron chi connectivity index (χ1n) is 10.3. The van der Waals surface area contributed by atoms with Crippen LogP contribution in [0.3, 0.4) is 0 Å². The molecule has 31 heavy (non-hydrogen) atoms. The van der Waals surface area contributed by atoms with Crippen molar-refractivity contribution < 1.29 is 19.1 Å². The van der Waals surface area contributed by atoms with Gasteiger partial charge >= 0.3 is 0 Å². The number of carbonyl (C=O) groups is 2. The second-order valence-electron chi connectivity index (χ2n) is 7.69. The molecule has 5 rings (SSSR count). The molecule has 2 aliphatic rings. The van der Waals surface area contributed by atoms with Gasteiger partial charge in [0.15, 0.2) is 11.5 Å². The molecule has 0 saturated carbocycles. The van der Waals surface area contributed by atoms with Crippen molar-refractivity contribution in [2.45, 2.75) is 25.6 Å². The highest BCUT2D eigenvalue weighted by atomic mass is 16.7. The minimum Gasteiger partial charge on any atom is -0.454 e. The van der Waals surface area contributed by atoms with Crippen molar-refractivity contribution in [1.29, 1.82) is 0 Å². The maximum Gasteiger partial charge on any atom is 0.254 e. The lowest BCUT2D eigenvalue weighted by Crippen LogP contribution is -2.52. The Labute approximate surface area is 180 Å². The van der Waals surface area contributed by atoms with E-state index in [-0.39, 0.29) is 18.6 Å². The predicted octanol–water partition coefficient (Wildman–Crippen LogP) is 3.30. The van der Waals surface area contributed by atoms with E-state index in [1.165, 1.54) is 0 Å². The summed E-state index contributed by atoms with van der Waals surface area (Å²) in [5.41, 5.74) is 3.67. The van der Waals surface area contributed by atoms with Crippen LogP contribution >= 0.6 is 0 Å². The first-order chi connectivity index (χ1) is 15.2. The van der Waals surface area contributed by atoms with Crippen LogP contribution in [0.25, 0.3) is 0 Å². The van der Waals surface area contributed by atoms with Crippen molar-refractivity contribution in [3.8, 4) is 11.5 Å². The van der Waals surface area contributed by atoms with Gasteiger partial charge in [-0.15, -0.1) is 0 Å². The van der Waals surface area contributed by atoms with Crippen molar-refractivity contribution in [2.24, 2.45) is 0 Å². The van der Waals surface area contributed by atoms with Gasteiger partial charge in [-0.3, -0.25) is 9.59 Å². The van der Waals surface area contributed by atoms with E-state index in [1.807, 2.05) is 60.7 Å². The second kappa shape index (κ2) is 8.14. The van der Waals surface area contributed by atoms with Crippen molar-refractivity contribution in [3.63, 3.8) is 0 Å². The summed E-state index contributed by atoms with van der Waals surface area (Å²) in [6, 6.07) is 22.1. The van der Waals surface area contributed by atoms with Crippen LogP contribution in [-0.4, -0.2) is 29.5 Å². The molecule has 3 aromatic rings. The van der Waals surface area contributed by atoms with Crippen LogP contribution in [0.1, 0.15) is 27.0 Å². The predicted molar refractivity (Wildman–Crippen MR) is 115 cm³/mol. The summed E-state index contributed by atoms with van der Waals surface area (Å²) in [6.45, 7) is 0.968. The molecule has 6 heteroatoms. The topological polar surface area (TPSA) is 67.9 Å². The van der Waals surface area contributed by atoms with Gasteiger partial charge < -0.3 is 19.7 Å². The van der Waals surface area contributed by atoms with Crippen molar-refractivity contribution in [1.82, 2.24) is 10.2 Å². The van der Waals surface area contributed by atoms with Crippen molar-refractivity contribution >= 4 is 11.8 Å². The molecule has 3 aromatic carbocycles. The molecule has 0 aliphatic carbocycles. The maximum atomic E-state index is 13.2. The Kier molecular flexibility index (Phi) is 5.04. The number of nitrogens with one attached hydrogen (secondary N) is 1. The summed E-state index contributed by atoms with van der Waals surface area (Å²) >= 11 is 0. The van der Waals surface area contributed by atoms with Gasteiger partial charge in [-0.2, -0.15) is 0 Å². The summed E-state index contributed by atoms with van der Waals surface area (Å²) in [5.74, 6) is 1.08. The summed E-state index contributed by atoms with van der Waals surface area (Å²) in [5, 5.41) is 3.00. The Morgan fingerprint density at radius 3 is 2.48 bits per heavy atom. The second-order valence-corrected chi connectivity index (χ2v) is 7.69. The van der Waals surface area contributed by atoms with E-state index in [0.717, 1.165) is 16.7 Å². The minimum absolute atomic E-state index is 0.140. The van der Waals surface area contributed by atoms with E-state index in [0.29, 0.717) is 36.6 Å². The summed E-state index contributed by atoms with van der Waals surface area (Å²) in [7, 11) is 0. The summed E-state index contributed by atoms with van der Waals surface area (Å²) < 4.78 is 10.7. The van der Waals surface area contributed by atoms with E-state index >= 15 is 0 Å². The van der Waals surface area contributed by atoms with Crippen molar-refractivity contribution in [2.75, 3.05) is 6.79 Å². The lowest BCUT2D eigenvalue weighted by Gasteiger charge is -2.36. The van der Waals surface area contributed by atoms with Crippen LogP contribution in [0.15, 0.2) is 72.8 Å². The number of benzene rings is 3. The highest BCUT2D eigenvalue weighted by molar-refractivity contribution is 5.98. The molecule has 2 heterocycles. The maximum absolute atomic E-state index is 13.2. The van der Waals surface area contributed by atoms with Crippen LogP contribution in [0.2, 0.25) is 0 Å². The fourth-order valence-electron chi connectivity index (χ4n) is 4.08. The highest BCUT2D eigenvalue weighted by Gasteiger charge is 2.34. The molecule has 0 bridgehead atoms. The molecular weight excluding hydrogens is 392 g/mol. The van der Waals surface area contributed by atoms with Gasteiger partial charge in [-0.05, 0) is 41.0 Å². The molecule has 0 spiro atoms. The Morgan fingerprint density at radius 1 is 0.903 bits per heavy atom. The average Bonchev–Trinajstić information content (AvgIpc) is 3.30. The van der Waals surface area contributed by atoms with Gasteiger partial charge in [-0.25, -0.2) is 0 Å². The first kappa shape index (κ1) is 19.2. The van der Waals surface area contributed by atoms with Crippen LogP contribution in [0.4, 0.5) is 0 Å². The smallest absolute Gasteiger partial charge is 0.254 e. The monoisotopic (exact) mass is 414 g/mol. The zero-order valence-electron chi connectivity index (χ0n) is 16.9. The molecule has 0 fully saturated rings. The Morgan fingerprint density at radius 2 is 1.65 bits per heavy atom. The number of fused-ring (bicyclic) bond motifs is 2. The Balaban J connectivity index is 1.36. The molecule has 156 valence electrons. The number of ether oxygens (including phenoxy) is 2. The van der Waals surface area contributed by atoms with Crippen LogP contribution in [0.5, 0.6) is 11.5 Å². The number of rotatable bonds is 4. The van der Waals surface area contributed by atoms with Crippen LogP contribution in [-0.2, 0) is 24.3 Å². The lowest BCUT2D eigenvalue weighted by atomic mass is 9.92. The number of hydrogen-bond acceptors (Lipinski definition) is 4. The number of carbonyl (C=O) groups excluding carboxylic acids is 2. The van der Waals surface area contributed by atoms with Gasteiger partial charge in [0, 0.05) is 25.1 Å².